The van der Waals surface area contributed by atoms with E-state index in [0.717, 1.165) is 0 Å². The van der Waals surface area contributed by atoms with E-state index < -0.39 is 6.10 Å². The van der Waals surface area contributed by atoms with E-state index in [0.29, 0.717) is 22.9 Å². The van der Waals surface area contributed by atoms with E-state index in [1.54, 1.807) is 38.1 Å². The molecule has 1 unspecified atom stereocenters. The Kier molecular flexibility index (Phi) is 3.09. The Hall–Kier alpha value is -2.83. The first-order valence-corrected chi connectivity index (χ1v) is 6.39. The molecule has 7 nitrogen and oxygen atoms in total. The van der Waals surface area contributed by atoms with Gasteiger partial charge in [-0.05, 0) is 32.0 Å². The number of nitrogens with one attached hydrogen (secondary N) is 2. The minimum absolute atomic E-state index is 0.194. The van der Waals surface area contributed by atoms with Crippen molar-refractivity contribution in [3.05, 3.63) is 35.7 Å². The smallest absolute Gasteiger partial charge is 0.277 e. The van der Waals surface area contributed by atoms with Gasteiger partial charge in [-0.1, -0.05) is 5.16 Å². The van der Waals surface area contributed by atoms with Crippen LogP contribution >= 0.6 is 0 Å². The maximum absolute atomic E-state index is 12.0. The molecule has 21 heavy (non-hydrogen) atoms. The number of benzene rings is 1. The minimum Gasteiger partial charge on any atom is -0.479 e. The molecule has 2 heterocycles. The number of carbonyl (C=O) groups excluding carboxylic acids is 2. The Labute approximate surface area is 120 Å². The van der Waals surface area contributed by atoms with Crippen molar-refractivity contribution in [3.8, 4) is 5.75 Å². The number of anilines is 2. The fraction of sp³-hybridized carbons (Fsp3) is 0.214. The van der Waals surface area contributed by atoms with Gasteiger partial charge in [0.2, 0.25) is 0 Å². The zero-order chi connectivity index (χ0) is 15.0. The lowest BCUT2D eigenvalue weighted by molar-refractivity contribution is -0.122. The lowest BCUT2D eigenvalue weighted by Crippen LogP contribution is -2.34. The van der Waals surface area contributed by atoms with Gasteiger partial charge in [0.25, 0.3) is 11.8 Å². The summed E-state index contributed by atoms with van der Waals surface area (Å²) in [5, 5.41) is 9.04. The third-order valence-corrected chi connectivity index (χ3v) is 3.03. The molecule has 108 valence electrons. The second-order valence-corrected chi connectivity index (χ2v) is 4.74. The molecule has 2 N–H and O–H groups in total. The third kappa shape index (κ3) is 2.58. The molecule has 3 rings (SSSR count). The molecular weight excluding hydrogens is 274 g/mol. The van der Waals surface area contributed by atoms with Gasteiger partial charge in [0.05, 0.1) is 5.69 Å². The molecule has 1 aromatic heterocycles. The number of carbonyl (C=O) groups is 2. The van der Waals surface area contributed by atoms with Gasteiger partial charge in [0, 0.05) is 11.8 Å². The first-order valence-electron chi connectivity index (χ1n) is 6.39. The fourth-order valence-corrected chi connectivity index (χ4v) is 1.96. The van der Waals surface area contributed by atoms with Crippen LogP contribution in [0.2, 0.25) is 0 Å². The quantitative estimate of drug-likeness (QED) is 0.880. The van der Waals surface area contributed by atoms with Crippen molar-refractivity contribution in [2.75, 3.05) is 10.6 Å². The number of aromatic nitrogens is 1. The number of hydrogen-bond acceptors (Lipinski definition) is 5. The number of nitrogens with zero attached hydrogens (tertiary/aromatic N) is 1. The van der Waals surface area contributed by atoms with E-state index in [9.17, 15) is 9.59 Å². The molecule has 2 amide bonds. The number of rotatable bonds is 2. The fourth-order valence-electron chi connectivity index (χ4n) is 1.96. The normalized spacial score (nSPS) is 16.7. The van der Waals surface area contributed by atoms with Crippen LogP contribution in [0.4, 0.5) is 11.4 Å². The molecule has 1 atom stereocenters. The lowest BCUT2D eigenvalue weighted by Gasteiger charge is -2.23. The summed E-state index contributed by atoms with van der Waals surface area (Å²) in [6, 6.07) is 6.55. The number of aryl methyl sites for hydroxylation is 1. The van der Waals surface area contributed by atoms with Crippen LogP contribution in [0, 0.1) is 6.92 Å². The monoisotopic (exact) mass is 287 g/mol. The van der Waals surface area contributed by atoms with Crippen LogP contribution in [0.3, 0.4) is 0 Å². The van der Waals surface area contributed by atoms with Gasteiger partial charge in [-0.3, -0.25) is 9.59 Å². The highest BCUT2D eigenvalue weighted by atomic mass is 16.5. The molecule has 7 heteroatoms. The van der Waals surface area contributed by atoms with Gasteiger partial charge in [-0.25, -0.2) is 0 Å². The Morgan fingerprint density at radius 1 is 1.38 bits per heavy atom. The minimum atomic E-state index is -0.531. The van der Waals surface area contributed by atoms with Gasteiger partial charge in [-0.15, -0.1) is 0 Å². The molecule has 1 aliphatic heterocycles. The molecule has 0 aliphatic carbocycles. The Morgan fingerprint density at radius 3 is 2.90 bits per heavy atom. The zero-order valence-electron chi connectivity index (χ0n) is 11.5. The molecule has 2 aromatic rings. The largest absolute Gasteiger partial charge is 0.479 e. The van der Waals surface area contributed by atoms with Crippen LogP contribution in [0.5, 0.6) is 5.75 Å². The molecule has 0 saturated heterocycles. The van der Waals surface area contributed by atoms with Crippen LogP contribution in [-0.2, 0) is 4.79 Å². The maximum Gasteiger partial charge on any atom is 0.277 e. The second kappa shape index (κ2) is 4.93. The van der Waals surface area contributed by atoms with Crippen molar-refractivity contribution in [1.82, 2.24) is 5.16 Å². The Bertz CT molecular complexity index is 723. The van der Waals surface area contributed by atoms with Gasteiger partial charge in [0.1, 0.15) is 11.5 Å². The predicted molar refractivity (Wildman–Crippen MR) is 74.4 cm³/mol. The molecule has 0 radical (unpaired) electrons. The highest BCUT2D eigenvalue weighted by molar-refractivity contribution is 6.04. The second-order valence-electron chi connectivity index (χ2n) is 4.74. The summed E-state index contributed by atoms with van der Waals surface area (Å²) in [6.45, 7) is 3.37. The molecule has 0 bridgehead atoms. The third-order valence-electron chi connectivity index (χ3n) is 3.03. The van der Waals surface area contributed by atoms with Crippen LogP contribution in [-0.4, -0.2) is 23.1 Å². The lowest BCUT2D eigenvalue weighted by atomic mass is 10.2. The molecule has 1 aromatic carbocycles. The SMILES string of the molecule is Cc1cc(C(=O)Nc2ccc3c(c2)NC(=O)C(C)O3)no1. The number of hydrogen-bond donors (Lipinski definition) is 2. The van der Waals surface area contributed by atoms with Gasteiger partial charge in [0.15, 0.2) is 11.8 Å². The van der Waals surface area contributed by atoms with Crippen molar-refractivity contribution in [2.24, 2.45) is 0 Å². The van der Waals surface area contributed by atoms with E-state index >= 15 is 0 Å². The summed E-state index contributed by atoms with van der Waals surface area (Å²) in [5.74, 6) is 0.513. The molecule has 0 spiro atoms. The van der Waals surface area contributed by atoms with Crippen LogP contribution in [0.25, 0.3) is 0 Å². The van der Waals surface area contributed by atoms with Gasteiger partial charge >= 0.3 is 0 Å². The topological polar surface area (TPSA) is 93.5 Å². The summed E-state index contributed by atoms with van der Waals surface area (Å²) >= 11 is 0. The van der Waals surface area contributed by atoms with Crippen LogP contribution in [0.15, 0.2) is 28.8 Å². The average Bonchev–Trinajstić information content (AvgIpc) is 2.87. The summed E-state index contributed by atoms with van der Waals surface area (Å²) < 4.78 is 10.3. The van der Waals surface area contributed by atoms with Crippen molar-refractivity contribution in [2.45, 2.75) is 20.0 Å². The summed E-state index contributed by atoms with van der Waals surface area (Å²) in [7, 11) is 0. The standard InChI is InChI=1S/C14H13N3O4/c1-7-5-11(17-21-7)14(19)15-9-3-4-12-10(6-9)16-13(18)8(2)20-12/h3-6,8H,1-2H3,(H,15,19)(H,16,18). The van der Waals surface area contributed by atoms with Crippen molar-refractivity contribution in [1.29, 1.82) is 0 Å². The van der Waals surface area contributed by atoms with E-state index in [-0.39, 0.29) is 17.5 Å². The summed E-state index contributed by atoms with van der Waals surface area (Å²) in [5.41, 5.74) is 1.24. The maximum atomic E-state index is 12.0. The molecule has 0 saturated carbocycles. The average molecular weight is 287 g/mol. The highest BCUT2D eigenvalue weighted by Gasteiger charge is 2.23. The number of amides is 2. The number of fused-ring (bicyclic) bond motifs is 1. The molecule has 1 aliphatic rings. The van der Waals surface area contributed by atoms with Gasteiger partial charge in [-0.2, -0.15) is 0 Å². The predicted octanol–water partition coefficient (Wildman–Crippen LogP) is 1.95. The first kappa shape index (κ1) is 13.2. The van der Waals surface area contributed by atoms with Crippen molar-refractivity contribution >= 4 is 23.2 Å². The van der Waals surface area contributed by atoms with E-state index in [2.05, 4.69) is 15.8 Å². The van der Waals surface area contributed by atoms with Crippen molar-refractivity contribution < 1.29 is 18.8 Å². The summed E-state index contributed by atoms with van der Waals surface area (Å²) in [6.07, 6.45) is -0.531. The Balaban J connectivity index is 1.80. The summed E-state index contributed by atoms with van der Waals surface area (Å²) in [4.78, 5) is 23.5. The highest BCUT2D eigenvalue weighted by Crippen LogP contribution is 2.32. The van der Waals surface area contributed by atoms with E-state index in [1.165, 1.54) is 0 Å². The Morgan fingerprint density at radius 2 is 2.19 bits per heavy atom. The van der Waals surface area contributed by atoms with Crippen LogP contribution in [0.1, 0.15) is 23.2 Å². The van der Waals surface area contributed by atoms with E-state index in [1.807, 2.05) is 0 Å². The first-order chi connectivity index (χ1) is 10.0. The zero-order valence-corrected chi connectivity index (χ0v) is 11.5. The molecule has 0 fully saturated rings. The molecular formula is C14H13N3O4. The van der Waals surface area contributed by atoms with E-state index in [4.69, 9.17) is 9.26 Å². The number of ether oxygens (including phenoxy) is 1. The van der Waals surface area contributed by atoms with Crippen LogP contribution < -0.4 is 15.4 Å². The van der Waals surface area contributed by atoms with Gasteiger partial charge < -0.3 is 19.9 Å². The van der Waals surface area contributed by atoms with Crippen molar-refractivity contribution in [3.63, 3.8) is 0 Å².